The molecule has 3 rings (SSSR count). The molecule has 0 spiro atoms. The average molecular weight is 365 g/mol. The maximum absolute atomic E-state index is 12.0. The molecule has 0 unspecified atom stereocenters. The van der Waals surface area contributed by atoms with Gasteiger partial charge in [-0.3, -0.25) is 4.79 Å². The lowest BCUT2D eigenvalue weighted by Crippen LogP contribution is -2.14. The summed E-state index contributed by atoms with van der Waals surface area (Å²) in [5, 5.41) is 6.79. The largest absolute Gasteiger partial charge is 0.329 e. The van der Waals surface area contributed by atoms with Gasteiger partial charge in [-0.1, -0.05) is 35.5 Å². The van der Waals surface area contributed by atoms with Crippen LogP contribution in [0.1, 0.15) is 0 Å². The summed E-state index contributed by atoms with van der Waals surface area (Å²) < 4.78 is 1.87. The van der Waals surface area contributed by atoms with Crippen LogP contribution >= 0.6 is 34.7 Å². The van der Waals surface area contributed by atoms with Crippen LogP contribution < -0.4 is 5.32 Å². The van der Waals surface area contributed by atoms with Crippen LogP contribution in [0.5, 0.6) is 0 Å². The van der Waals surface area contributed by atoms with Crippen molar-refractivity contribution < 1.29 is 4.79 Å². The summed E-state index contributed by atoms with van der Waals surface area (Å²) in [4.78, 5) is 20.6. The van der Waals surface area contributed by atoms with Crippen molar-refractivity contribution in [3.05, 3.63) is 47.1 Å². The van der Waals surface area contributed by atoms with Crippen molar-refractivity contribution in [3.8, 4) is 11.3 Å². The highest BCUT2D eigenvalue weighted by atomic mass is 35.5. The number of nitrogens with one attached hydrogen (secondary N) is 1. The second kappa shape index (κ2) is 7.16. The first-order valence-corrected chi connectivity index (χ1v) is 8.97. The number of aromatic nitrogens is 3. The highest BCUT2D eigenvalue weighted by Gasteiger charge is 2.10. The number of carbonyl (C=O) groups excluding carboxylic acids is 1. The molecule has 1 amide bonds. The summed E-state index contributed by atoms with van der Waals surface area (Å²) in [5.74, 6) is 0.191. The molecule has 2 aromatic heterocycles. The number of benzene rings is 1. The Morgan fingerprint density at radius 2 is 2.17 bits per heavy atom. The minimum atomic E-state index is -0.102. The third kappa shape index (κ3) is 4.13. The molecule has 23 heavy (non-hydrogen) atoms. The van der Waals surface area contributed by atoms with E-state index in [2.05, 4.69) is 15.3 Å². The Morgan fingerprint density at radius 3 is 2.87 bits per heavy atom. The molecule has 2 heterocycles. The van der Waals surface area contributed by atoms with E-state index in [1.54, 1.807) is 6.20 Å². The molecule has 1 aromatic carbocycles. The fourth-order valence-electron chi connectivity index (χ4n) is 1.86. The number of thioether (sulfide) groups is 1. The zero-order chi connectivity index (χ0) is 16.2. The number of thiazole rings is 1. The zero-order valence-corrected chi connectivity index (χ0v) is 14.6. The van der Waals surface area contributed by atoms with Crippen molar-refractivity contribution >= 4 is 45.7 Å². The Labute approximate surface area is 146 Å². The molecule has 8 heteroatoms. The molecule has 0 fully saturated rings. The third-order valence-electron chi connectivity index (χ3n) is 3.00. The van der Waals surface area contributed by atoms with E-state index in [1.807, 2.05) is 47.5 Å². The normalized spacial score (nSPS) is 10.7. The van der Waals surface area contributed by atoms with Gasteiger partial charge in [0.05, 0.1) is 11.4 Å². The number of rotatable bonds is 5. The van der Waals surface area contributed by atoms with Crippen molar-refractivity contribution in [2.24, 2.45) is 7.05 Å². The van der Waals surface area contributed by atoms with Crippen LogP contribution in [0.15, 0.2) is 47.2 Å². The minimum absolute atomic E-state index is 0.102. The first-order valence-electron chi connectivity index (χ1n) is 6.73. The number of nitrogens with zero attached hydrogens (tertiary/aromatic N) is 3. The van der Waals surface area contributed by atoms with Gasteiger partial charge < -0.3 is 9.88 Å². The van der Waals surface area contributed by atoms with Gasteiger partial charge in [-0.2, -0.15) is 0 Å². The standard InChI is InChI=1S/C15H13ClN4OS2/c1-20-7-6-17-15(20)23-9-13(21)19-14-18-12(8-22-14)10-2-4-11(16)5-3-10/h2-8H,9H2,1H3,(H,18,19,21). The molecule has 0 aliphatic carbocycles. The van der Waals surface area contributed by atoms with Gasteiger partial charge in [-0.25, -0.2) is 9.97 Å². The Balaban J connectivity index is 1.59. The molecule has 0 saturated carbocycles. The number of anilines is 1. The second-order valence-corrected chi connectivity index (χ2v) is 6.94. The zero-order valence-electron chi connectivity index (χ0n) is 12.2. The van der Waals surface area contributed by atoms with Crippen LogP contribution in [-0.4, -0.2) is 26.2 Å². The van der Waals surface area contributed by atoms with Gasteiger partial charge >= 0.3 is 0 Å². The first-order chi connectivity index (χ1) is 11.1. The molecule has 1 N–H and O–H groups in total. The number of hydrogen-bond acceptors (Lipinski definition) is 5. The number of aryl methyl sites for hydroxylation is 1. The molecule has 3 aromatic rings. The summed E-state index contributed by atoms with van der Waals surface area (Å²) in [6, 6.07) is 7.44. The number of amides is 1. The van der Waals surface area contributed by atoms with E-state index in [1.165, 1.54) is 23.1 Å². The van der Waals surface area contributed by atoms with E-state index in [4.69, 9.17) is 11.6 Å². The smallest absolute Gasteiger partial charge is 0.236 e. The maximum Gasteiger partial charge on any atom is 0.236 e. The lowest BCUT2D eigenvalue weighted by Gasteiger charge is -2.02. The topological polar surface area (TPSA) is 59.8 Å². The molecule has 0 aliphatic heterocycles. The van der Waals surface area contributed by atoms with Crippen LogP contribution in [0, 0.1) is 0 Å². The molecule has 0 bridgehead atoms. The van der Waals surface area contributed by atoms with Gasteiger partial charge in [0.1, 0.15) is 0 Å². The second-order valence-electron chi connectivity index (χ2n) is 4.70. The van der Waals surface area contributed by atoms with Gasteiger partial charge in [0, 0.05) is 35.4 Å². The summed E-state index contributed by atoms with van der Waals surface area (Å²) in [7, 11) is 1.90. The third-order valence-corrected chi connectivity index (χ3v) is 5.07. The molecule has 0 radical (unpaired) electrons. The van der Waals surface area contributed by atoms with Crippen molar-refractivity contribution in [3.63, 3.8) is 0 Å². The number of hydrogen-bond donors (Lipinski definition) is 1. The molecule has 0 aliphatic rings. The summed E-state index contributed by atoms with van der Waals surface area (Å²) in [6.45, 7) is 0. The Hall–Kier alpha value is -1.83. The molecule has 0 atom stereocenters. The predicted octanol–water partition coefficient (Wildman–Crippen LogP) is 3.93. The van der Waals surface area contributed by atoms with Crippen LogP contribution in [0.4, 0.5) is 5.13 Å². The van der Waals surface area contributed by atoms with Crippen molar-refractivity contribution in [2.75, 3.05) is 11.1 Å². The van der Waals surface area contributed by atoms with Crippen molar-refractivity contribution in [1.29, 1.82) is 0 Å². The van der Waals surface area contributed by atoms with E-state index >= 15 is 0 Å². The first kappa shape index (κ1) is 16.0. The molecular weight excluding hydrogens is 352 g/mol. The molecule has 118 valence electrons. The highest BCUT2D eigenvalue weighted by Crippen LogP contribution is 2.26. The maximum atomic E-state index is 12.0. The fraction of sp³-hybridized carbons (Fsp3) is 0.133. The van der Waals surface area contributed by atoms with Crippen LogP contribution in [-0.2, 0) is 11.8 Å². The summed E-state index contributed by atoms with van der Waals surface area (Å²) in [5.41, 5.74) is 1.78. The van der Waals surface area contributed by atoms with E-state index < -0.39 is 0 Å². The minimum Gasteiger partial charge on any atom is -0.329 e. The van der Waals surface area contributed by atoms with E-state index in [9.17, 15) is 4.79 Å². The van der Waals surface area contributed by atoms with E-state index in [0.29, 0.717) is 15.9 Å². The molecule has 5 nitrogen and oxygen atoms in total. The molecular formula is C15H13ClN4OS2. The SMILES string of the molecule is Cn1ccnc1SCC(=O)Nc1nc(-c2ccc(Cl)cc2)cs1. The van der Waals surface area contributed by atoms with Gasteiger partial charge in [-0.15, -0.1) is 11.3 Å². The lowest BCUT2D eigenvalue weighted by atomic mass is 10.2. The van der Waals surface area contributed by atoms with Gasteiger partial charge in [0.2, 0.25) is 5.91 Å². The Kier molecular flexibility index (Phi) is 5.00. The van der Waals surface area contributed by atoms with Crippen LogP contribution in [0.3, 0.4) is 0 Å². The Morgan fingerprint density at radius 1 is 1.39 bits per heavy atom. The predicted molar refractivity (Wildman–Crippen MR) is 95.1 cm³/mol. The van der Waals surface area contributed by atoms with E-state index in [0.717, 1.165) is 16.4 Å². The summed E-state index contributed by atoms with van der Waals surface area (Å²) in [6.07, 6.45) is 3.55. The van der Waals surface area contributed by atoms with Crippen LogP contribution in [0.25, 0.3) is 11.3 Å². The van der Waals surface area contributed by atoms with Crippen molar-refractivity contribution in [2.45, 2.75) is 5.16 Å². The number of halogens is 1. The van der Waals surface area contributed by atoms with Gasteiger partial charge in [-0.05, 0) is 12.1 Å². The highest BCUT2D eigenvalue weighted by molar-refractivity contribution is 7.99. The average Bonchev–Trinajstić information content (AvgIpc) is 3.15. The van der Waals surface area contributed by atoms with Gasteiger partial charge in [0.25, 0.3) is 0 Å². The number of imidazole rings is 1. The summed E-state index contributed by atoms with van der Waals surface area (Å²) >= 11 is 8.66. The monoisotopic (exact) mass is 364 g/mol. The van der Waals surface area contributed by atoms with Crippen molar-refractivity contribution in [1.82, 2.24) is 14.5 Å². The fourth-order valence-corrected chi connectivity index (χ4v) is 3.45. The Bertz CT molecular complexity index is 813. The van der Waals surface area contributed by atoms with E-state index in [-0.39, 0.29) is 5.91 Å². The quantitative estimate of drug-likeness (QED) is 0.697. The van der Waals surface area contributed by atoms with Gasteiger partial charge in [0.15, 0.2) is 10.3 Å². The van der Waals surface area contributed by atoms with Crippen LogP contribution in [0.2, 0.25) is 5.02 Å². The number of carbonyl (C=O) groups is 1. The lowest BCUT2D eigenvalue weighted by molar-refractivity contribution is -0.113. The molecule has 0 saturated heterocycles.